The SMILES string of the molecule is CCOc1cc2c(cc1OCC)[C@@H](c1cc(OC)c(OC)c(OC)c1)N(c1ccc(CC)cc1)C(=O)C2. The molecule has 37 heavy (non-hydrogen) atoms. The van der Waals surface area contributed by atoms with Gasteiger partial charge in [-0.3, -0.25) is 4.79 Å². The van der Waals surface area contributed by atoms with Gasteiger partial charge in [-0.2, -0.15) is 0 Å². The van der Waals surface area contributed by atoms with Crippen LogP contribution >= 0.6 is 0 Å². The molecule has 0 N–H and O–H groups in total. The normalized spacial score (nSPS) is 14.7. The van der Waals surface area contributed by atoms with Gasteiger partial charge in [0.05, 0.1) is 47.0 Å². The Morgan fingerprint density at radius 2 is 1.38 bits per heavy atom. The molecule has 1 heterocycles. The summed E-state index contributed by atoms with van der Waals surface area (Å²) in [6.45, 7) is 6.98. The fourth-order valence-electron chi connectivity index (χ4n) is 4.87. The lowest BCUT2D eigenvalue weighted by Crippen LogP contribution is -2.41. The summed E-state index contributed by atoms with van der Waals surface area (Å²) in [7, 11) is 4.75. The van der Waals surface area contributed by atoms with E-state index in [1.807, 2.05) is 55.1 Å². The number of nitrogens with zero attached hydrogens (tertiary/aromatic N) is 1. The number of fused-ring (bicyclic) bond motifs is 1. The first-order chi connectivity index (χ1) is 18.0. The first-order valence-corrected chi connectivity index (χ1v) is 12.6. The van der Waals surface area contributed by atoms with Crippen LogP contribution in [0.25, 0.3) is 0 Å². The molecule has 7 heteroatoms. The second kappa shape index (κ2) is 11.5. The molecule has 1 aliphatic rings. The monoisotopic (exact) mass is 505 g/mol. The maximum atomic E-state index is 13.8. The van der Waals surface area contributed by atoms with Gasteiger partial charge in [0.25, 0.3) is 0 Å². The maximum absolute atomic E-state index is 13.8. The van der Waals surface area contributed by atoms with E-state index < -0.39 is 6.04 Å². The summed E-state index contributed by atoms with van der Waals surface area (Å²) < 4.78 is 28.7. The van der Waals surface area contributed by atoms with E-state index in [-0.39, 0.29) is 12.3 Å². The molecule has 0 spiro atoms. The Morgan fingerprint density at radius 3 is 1.89 bits per heavy atom. The molecule has 0 saturated carbocycles. The minimum Gasteiger partial charge on any atom is -0.493 e. The number of carbonyl (C=O) groups is 1. The fraction of sp³-hybridized carbons (Fsp3) is 0.367. The minimum absolute atomic E-state index is 0.0119. The molecule has 3 aromatic rings. The molecule has 0 aromatic heterocycles. The summed E-state index contributed by atoms with van der Waals surface area (Å²) in [5.74, 6) is 2.82. The molecule has 1 aliphatic heterocycles. The van der Waals surface area contributed by atoms with E-state index in [1.54, 1.807) is 21.3 Å². The van der Waals surface area contributed by atoms with Crippen LogP contribution in [0.2, 0.25) is 0 Å². The van der Waals surface area contributed by atoms with E-state index >= 15 is 0 Å². The van der Waals surface area contributed by atoms with Crippen molar-refractivity contribution in [2.24, 2.45) is 0 Å². The molecular weight excluding hydrogens is 470 g/mol. The van der Waals surface area contributed by atoms with Crippen LogP contribution in [0.1, 0.15) is 49.1 Å². The lowest BCUT2D eigenvalue weighted by Gasteiger charge is -2.38. The number of rotatable bonds is 10. The van der Waals surface area contributed by atoms with Crippen LogP contribution in [0, 0.1) is 0 Å². The first kappa shape index (κ1) is 26.2. The van der Waals surface area contributed by atoms with Crippen LogP contribution in [0.4, 0.5) is 5.69 Å². The Morgan fingerprint density at radius 1 is 0.784 bits per heavy atom. The van der Waals surface area contributed by atoms with E-state index in [0.29, 0.717) is 42.0 Å². The predicted molar refractivity (Wildman–Crippen MR) is 144 cm³/mol. The number of benzene rings is 3. The molecule has 0 fully saturated rings. The number of amides is 1. The van der Waals surface area contributed by atoms with Crippen molar-refractivity contribution in [3.8, 4) is 28.7 Å². The van der Waals surface area contributed by atoms with Crippen molar-refractivity contribution >= 4 is 11.6 Å². The average Bonchev–Trinajstić information content (AvgIpc) is 2.92. The summed E-state index contributed by atoms with van der Waals surface area (Å²) in [4.78, 5) is 15.6. The van der Waals surface area contributed by atoms with E-state index in [9.17, 15) is 4.79 Å². The van der Waals surface area contributed by atoms with Gasteiger partial charge in [0.15, 0.2) is 23.0 Å². The third kappa shape index (κ3) is 5.03. The standard InChI is InChI=1S/C30H35NO6/c1-7-19-10-12-22(13-11-19)31-28(32)17-20-14-24(36-8-2)25(37-9-3)18-23(20)29(31)21-15-26(33-4)30(35-6)27(16-21)34-5/h10-16,18,29H,7-9,17H2,1-6H3/t29-/m1/s1. The predicted octanol–water partition coefficient (Wildman–Crippen LogP) is 5.75. The number of carbonyl (C=O) groups excluding carboxylic acids is 1. The molecule has 0 unspecified atom stereocenters. The number of ether oxygens (including phenoxy) is 5. The smallest absolute Gasteiger partial charge is 0.232 e. The van der Waals surface area contributed by atoms with Crippen LogP contribution in [-0.4, -0.2) is 40.5 Å². The van der Waals surface area contributed by atoms with Crippen molar-refractivity contribution in [2.45, 2.75) is 39.7 Å². The van der Waals surface area contributed by atoms with Crippen molar-refractivity contribution in [1.82, 2.24) is 0 Å². The van der Waals surface area contributed by atoms with E-state index in [1.165, 1.54) is 5.56 Å². The molecular formula is C30H35NO6. The zero-order valence-electron chi connectivity index (χ0n) is 22.4. The highest BCUT2D eigenvalue weighted by Gasteiger charge is 2.37. The second-order valence-corrected chi connectivity index (χ2v) is 8.69. The number of anilines is 1. The van der Waals surface area contributed by atoms with E-state index in [4.69, 9.17) is 23.7 Å². The highest BCUT2D eigenvalue weighted by molar-refractivity contribution is 5.98. The number of methoxy groups -OCH3 is 3. The van der Waals surface area contributed by atoms with Crippen LogP contribution in [0.5, 0.6) is 28.7 Å². The highest BCUT2D eigenvalue weighted by atomic mass is 16.5. The molecule has 1 amide bonds. The van der Waals surface area contributed by atoms with Crippen LogP contribution in [-0.2, 0) is 17.6 Å². The van der Waals surface area contributed by atoms with Gasteiger partial charge in [-0.15, -0.1) is 0 Å². The summed E-state index contributed by atoms with van der Waals surface area (Å²) in [6, 6.07) is 15.4. The highest BCUT2D eigenvalue weighted by Crippen LogP contribution is 2.47. The Hall–Kier alpha value is -3.87. The van der Waals surface area contributed by atoms with Crippen molar-refractivity contribution < 1.29 is 28.5 Å². The molecule has 0 saturated heterocycles. The number of aryl methyl sites for hydroxylation is 1. The first-order valence-electron chi connectivity index (χ1n) is 12.6. The Balaban J connectivity index is 1.98. The molecule has 7 nitrogen and oxygen atoms in total. The maximum Gasteiger partial charge on any atom is 0.232 e. The molecule has 3 aromatic carbocycles. The number of hydrogen-bond donors (Lipinski definition) is 0. The molecule has 4 rings (SSSR count). The van der Waals surface area contributed by atoms with Gasteiger partial charge in [-0.1, -0.05) is 19.1 Å². The third-order valence-corrected chi connectivity index (χ3v) is 6.59. The zero-order chi connectivity index (χ0) is 26.5. The van der Waals surface area contributed by atoms with Gasteiger partial charge in [0.1, 0.15) is 0 Å². The topological polar surface area (TPSA) is 66.5 Å². The van der Waals surface area contributed by atoms with Crippen LogP contribution in [0.3, 0.4) is 0 Å². The van der Waals surface area contributed by atoms with Gasteiger partial charge in [0.2, 0.25) is 11.7 Å². The van der Waals surface area contributed by atoms with Gasteiger partial charge < -0.3 is 28.6 Å². The summed E-state index contributed by atoms with van der Waals surface area (Å²) >= 11 is 0. The van der Waals surface area contributed by atoms with Crippen molar-refractivity contribution in [3.05, 3.63) is 70.8 Å². The summed E-state index contributed by atoms with van der Waals surface area (Å²) in [5.41, 5.74) is 4.71. The Bertz CT molecular complexity index is 1230. The van der Waals surface area contributed by atoms with Crippen molar-refractivity contribution in [2.75, 3.05) is 39.4 Å². The quantitative estimate of drug-likeness (QED) is 0.350. The minimum atomic E-state index is -0.452. The van der Waals surface area contributed by atoms with Gasteiger partial charge in [-0.05, 0) is 78.9 Å². The molecule has 0 bridgehead atoms. The lowest BCUT2D eigenvalue weighted by atomic mass is 9.86. The second-order valence-electron chi connectivity index (χ2n) is 8.69. The third-order valence-electron chi connectivity index (χ3n) is 6.59. The summed E-state index contributed by atoms with van der Waals surface area (Å²) in [6.07, 6.45) is 1.17. The van der Waals surface area contributed by atoms with Gasteiger partial charge >= 0.3 is 0 Å². The lowest BCUT2D eigenvalue weighted by molar-refractivity contribution is -0.118. The largest absolute Gasteiger partial charge is 0.493 e. The molecule has 196 valence electrons. The summed E-state index contributed by atoms with van der Waals surface area (Å²) in [5, 5.41) is 0. The van der Waals surface area contributed by atoms with Crippen LogP contribution in [0.15, 0.2) is 48.5 Å². The molecule has 0 aliphatic carbocycles. The van der Waals surface area contributed by atoms with Gasteiger partial charge in [0, 0.05) is 5.69 Å². The van der Waals surface area contributed by atoms with Crippen molar-refractivity contribution in [1.29, 1.82) is 0 Å². The molecule has 0 radical (unpaired) electrons. The number of hydrogen-bond acceptors (Lipinski definition) is 6. The fourth-order valence-corrected chi connectivity index (χ4v) is 4.87. The average molecular weight is 506 g/mol. The van der Waals surface area contributed by atoms with Crippen molar-refractivity contribution in [3.63, 3.8) is 0 Å². The van der Waals surface area contributed by atoms with Gasteiger partial charge in [-0.25, -0.2) is 0 Å². The van der Waals surface area contributed by atoms with E-state index in [0.717, 1.165) is 28.8 Å². The Labute approximate surface area is 218 Å². The molecule has 1 atom stereocenters. The Kier molecular flexibility index (Phi) is 8.11. The van der Waals surface area contributed by atoms with E-state index in [2.05, 4.69) is 19.1 Å². The zero-order valence-corrected chi connectivity index (χ0v) is 22.4. The van der Waals surface area contributed by atoms with Crippen LogP contribution < -0.4 is 28.6 Å².